The largest absolute Gasteiger partial charge is 0.399 e. The summed E-state index contributed by atoms with van der Waals surface area (Å²) in [6.07, 6.45) is 0. The van der Waals surface area contributed by atoms with Gasteiger partial charge in [0.05, 0.1) is 17.0 Å². The van der Waals surface area contributed by atoms with Crippen LogP contribution in [0.2, 0.25) is 0 Å². The molecule has 0 saturated heterocycles. The van der Waals surface area contributed by atoms with Crippen LogP contribution in [0.3, 0.4) is 0 Å². The van der Waals surface area contributed by atoms with E-state index in [0.717, 1.165) is 17.1 Å². The van der Waals surface area contributed by atoms with Gasteiger partial charge >= 0.3 is 0 Å². The molecule has 3 N–H and O–H groups in total. The minimum atomic E-state index is -0.323. The SMILES string of the molecule is Cc1nnc(NC(=O)c2cc(N)ccc2N(C)C)nc1C. The Hall–Kier alpha value is -2.70. The summed E-state index contributed by atoms with van der Waals surface area (Å²) < 4.78 is 0. The van der Waals surface area contributed by atoms with Crippen molar-refractivity contribution in [3.63, 3.8) is 0 Å². The second-order valence-corrected chi connectivity index (χ2v) is 4.93. The lowest BCUT2D eigenvalue weighted by atomic mass is 10.1. The summed E-state index contributed by atoms with van der Waals surface area (Å²) in [7, 11) is 3.72. The number of nitrogens with zero attached hydrogens (tertiary/aromatic N) is 4. The first-order valence-corrected chi connectivity index (χ1v) is 6.44. The maximum Gasteiger partial charge on any atom is 0.260 e. The van der Waals surface area contributed by atoms with E-state index in [1.807, 2.05) is 32.8 Å². The number of benzene rings is 1. The van der Waals surface area contributed by atoms with Crippen molar-refractivity contribution >= 4 is 23.2 Å². The van der Waals surface area contributed by atoms with Crippen molar-refractivity contribution in [3.05, 3.63) is 35.2 Å². The first-order chi connectivity index (χ1) is 9.88. The zero-order valence-electron chi connectivity index (χ0n) is 12.5. The quantitative estimate of drug-likeness (QED) is 0.828. The topological polar surface area (TPSA) is 97.0 Å². The van der Waals surface area contributed by atoms with Crippen LogP contribution in [0, 0.1) is 13.8 Å². The van der Waals surface area contributed by atoms with Gasteiger partial charge in [0.1, 0.15) is 0 Å². The number of nitrogens with one attached hydrogen (secondary N) is 1. The third kappa shape index (κ3) is 3.25. The molecule has 7 heteroatoms. The highest BCUT2D eigenvalue weighted by Gasteiger charge is 2.15. The summed E-state index contributed by atoms with van der Waals surface area (Å²) in [5, 5.41) is 10.4. The zero-order valence-corrected chi connectivity index (χ0v) is 12.5. The van der Waals surface area contributed by atoms with Gasteiger partial charge in [-0.1, -0.05) is 0 Å². The molecule has 0 aliphatic carbocycles. The minimum absolute atomic E-state index is 0.176. The third-order valence-corrected chi connectivity index (χ3v) is 3.06. The molecule has 0 aliphatic heterocycles. The van der Waals surface area contributed by atoms with E-state index in [-0.39, 0.29) is 11.9 Å². The zero-order chi connectivity index (χ0) is 15.6. The van der Waals surface area contributed by atoms with Gasteiger partial charge in [0.2, 0.25) is 5.95 Å². The summed E-state index contributed by atoms with van der Waals surface area (Å²) in [5.74, 6) is -0.147. The maximum absolute atomic E-state index is 12.4. The van der Waals surface area contributed by atoms with Gasteiger partial charge in [0.25, 0.3) is 5.91 Å². The van der Waals surface area contributed by atoms with Gasteiger partial charge in [0.15, 0.2) is 0 Å². The number of hydrogen-bond acceptors (Lipinski definition) is 6. The van der Waals surface area contributed by atoms with Crippen LogP contribution in [-0.2, 0) is 0 Å². The molecule has 0 atom stereocenters. The fourth-order valence-electron chi connectivity index (χ4n) is 1.80. The highest BCUT2D eigenvalue weighted by Crippen LogP contribution is 2.22. The molecule has 0 bridgehead atoms. The molecule has 1 amide bonds. The summed E-state index contributed by atoms with van der Waals surface area (Å²) in [4.78, 5) is 18.4. The highest BCUT2D eigenvalue weighted by atomic mass is 16.1. The Kier molecular flexibility index (Phi) is 4.02. The van der Waals surface area contributed by atoms with Crippen molar-refractivity contribution < 1.29 is 4.79 Å². The van der Waals surface area contributed by atoms with E-state index in [1.54, 1.807) is 18.2 Å². The minimum Gasteiger partial charge on any atom is -0.399 e. The van der Waals surface area contributed by atoms with Crippen molar-refractivity contribution in [2.75, 3.05) is 30.0 Å². The van der Waals surface area contributed by atoms with Gasteiger partial charge in [-0.2, -0.15) is 5.10 Å². The molecule has 0 spiro atoms. The van der Waals surface area contributed by atoms with Gasteiger partial charge in [-0.15, -0.1) is 5.10 Å². The molecule has 0 aliphatic rings. The lowest BCUT2D eigenvalue weighted by Crippen LogP contribution is -2.20. The summed E-state index contributed by atoms with van der Waals surface area (Å²) in [6.45, 7) is 3.62. The first kappa shape index (κ1) is 14.7. The second-order valence-electron chi connectivity index (χ2n) is 4.93. The molecule has 0 radical (unpaired) electrons. The summed E-state index contributed by atoms with van der Waals surface area (Å²) in [6, 6.07) is 5.17. The molecule has 0 saturated carbocycles. The van der Waals surface area contributed by atoms with Crippen molar-refractivity contribution in [1.82, 2.24) is 15.2 Å². The number of carbonyl (C=O) groups excluding carboxylic acids is 1. The predicted molar refractivity (Wildman–Crippen MR) is 82.4 cm³/mol. The Bertz CT molecular complexity index is 683. The highest BCUT2D eigenvalue weighted by molar-refractivity contribution is 6.08. The molecule has 2 aromatic rings. The van der Waals surface area contributed by atoms with E-state index in [4.69, 9.17) is 5.73 Å². The molecular formula is C14H18N6O. The van der Waals surface area contributed by atoms with Crippen LogP contribution < -0.4 is 16.0 Å². The number of hydrogen-bond donors (Lipinski definition) is 2. The fourth-order valence-corrected chi connectivity index (χ4v) is 1.80. The van der Waals surface area contributed by atoms with Gasteiger partial charge in [-0.25, -0.2) is 4.98 Å². The molecule has 0 fully saturated rings. The van der Waals surface area contributed by atoms with Gasteiger partial charge in [-0.05, 0) is 32.0 Å². The second kappa shape index (κ2) is 5.74. The molecule has 1 heterocycles. The van der Waals surface area contributed by atoms with Crippen LogP contribution >= 0.6 is 0 Å². The Morgan fingerprint density at radius 1 is 1.19 bits per heavy atom. The van der Waals surface area contributed by atoms with E-state index in [1.165, 1.54) is 0 Å². The Labute approximate surface area is 123 Å². The third-order valence-electron chi connectivity index (χ3n) is 3.06. The van der Waals surface area contributed by atoms with E-state index in [0.29, 0.717) is 11.3 Å². The van der Waals surface area contributed by atoms with Gasteiger partial charge < -0.3 is 10.6 Å². The van der Waals surface area contributed by atoms with Gasteiger partial charge in [0, 0.05) is 25.5 Å². The predicted octanol–water partition coefficient (Wildman–Crippen LogP) is 1.39. The van der Waals surface area contributed by atoms with E-state index in [9.17, 15) is 4.79 Å². The normalized spacial score (nSPS) is 10.3. The maximum atomic E-state index is 12.4. The van der Waals surface area contributed by atoms with E-state index >= 15 is 0 Å². The number of rotatable bonds is 3. The van der Waals surface area contributed by atoms with Crippen molar-refractivity contribution in [2.45, 2.75) is 13.8 Å². The van der Waals surface area contributed by atoms with Crippen LogP contribution in [-0.4, -0.2) is 35.2 Å². The summed E-state index contributed by atoms with van der Waals surface area (Å²) >= 11 is 0. The average Bonchev–Trinajstić information content (AvgIpc) is 2.42. The lowest BCUT2D eigenvalue weighted by Gasteiger charge is -2.17. The smallest absolute Gasteiger partial charge is 0.260 e. The standard InChI is InChI=1S/C14H18N6O/c1-8-9(2)18-19-14(16-8)17-13(21)11-7-10(15)5-6-12(11)20(3)4/h5-7H,15H2,1-4H3,(H,16,17,19,21). The van der Waals surface area contributed by atoms with Crippen molar-refractivity contribution in [2.24, 2.45) is 0 Å². The Morgan fingerprint density at radius 3 is 2.52 bits per heavy atom. The van der Waals surface area contributed by atoms with Crippen LogP contribution in [0.5, 0.6) is 0 Å². The number of carbonyl (C=O) groups is 1. The fraction of sp³-hybridized carbons (Fsp3) is 0.286. The molecule has 1 aromatic heterocycles. The van der Waals surface area contributed by atoms with Crippen LogP contribution in [0.15, 0.2) is 18.2 Å². The first-order valence-electron chi connectivity index (χ1n) is 6.44. The number of amides is 1. The van der Waals surface area contributed by atoms with E-state index in [2.05, 4.69) is 20.5 Å². The molecule has 21 heavy (non-hydrogen) atoms. The van der Waals surface area contributed by atoms with Crippen LogP contribution in [0.1, 0.15) is 21.7 Å². The van der Waals surface area contributed by atoms with Crippen LogP contribution in [0.25, 0.3) is 0 Å². The molecule has 7 nitrogen and oxygen atoms in total. The van der Waals surface area contributed by atoms with Gasteiger partial charge in [-0.3, -0.25) is 10.1 Å². The molecule has 1 aromatic carbocycles. The molecule has 0 unspecified atom stereocenters. The number of aromatic nitrogens is 3. The molecule has 110 valence electrons. The molecule has 2 rings (SSSR count). The Balaban J connectivity index is 2.31. The number of aryl methyl sites for hydroxylation is 2. The van der Waals surface area contributed by atoms with E-state index < -0.39 is 0 Å². The summed E-state index contributed by atoms with van der Waals surface area (Å²) in [5.41, 5.74) is 8.95. The lowest BCUT2D eigenvalue weighted by molar-refractivity contribution is 0.102. The Morgan fingerprint density at radius 2 is 1.90 bits per heavy atom. The molecular weight excluding hydrogens is 268 g/mol. The number of anilines is 3. The van der Waals surface area contributed by atoms with Crippen molar-refractivity contribution in [1.29, 1.82) is 0 Å². The monoisotopic (exact) mass is 286 g/mol. The van der Waals surface area contributed by atoms with Crippen molar-refractivity contribution in [3.8, 4) is 0 Å². The van der Waals surface area contributed by atoms with Crippen LogP contribution in [0.4, 0.5) is 17.3 Å². The number of nitrogens with two attached hydrogens (primary N) is 1. The average molecular weight is 286 g/mol. The number of nitrogen functional groups attached to an aromatic ring is 1.